The lowest BCUT2D eigenvalue weighted by Crippen LogP contribution is -2.26. The molecule has 1 heterocycles. The van der Waals surface area contributed by atoms with E-state index in [1.165, 1.54) is 22.9 Å². The highest BCUT2D eigenvalue weighted by Crippen LogP contribution is 2.18. The predicted molar refractivity (Wildman–Crippen MR) is 61.8 cm³/mol. The highest BCUT2D eigenvalue weighted by atomic mass is 16.4. The number of hydrogen-bond donors (Lipinski definition) is 1. The van der Waals surface area contributed by atoms with E-state index in [0.717, 1.165) is 6.42 Å². The van der Waals surface area contributed by atoms with Gasteiger partial charge in [0.25, 0.3) is 5.56 Å². The van der Waals surface area contributed by atoms with Crippen LogP contribution in [0.4, 0.5) is 0 Å². The Kier molecular flexibility index (Phi) is 3.88. The molecule has 88 valence electrons. The molecule has 0 bridgehead atoms. The Bertz CT molecular complexity index is 436. The van der Waals surface area contributed by atoms with Crippen LogP contribution in [0.25, 0.3) is 0 Å². The lowest BCUT2D eigenvalue weighted by Gasteiger charge is -2.21. The first kappa shape index (κ1) is 12.5. The van der Waals surface area contributed by atoms with E-state index in [-0.39, 0.29) is 17.2 Å². The molecule has 4 heteroatoms. The van der Waals surface area contributed by atoms with Crippen molar-refractivity contribution < 1.29 is 9.90 Å². The van der Waals surface area contributed by atoms with Gasteiger partial charge in [-0.05, 0) is 18.9 Å². The summed E-state index contributed by atoms with van der Waals surface area (Å²) in [6, 6.07) is 2.66. The van der Waals surface area contributed by atoms with Gasteiger partial charge in [0.1, 0.15) is 0 Å². The molecule has 2 atom stereocenters. The Morgan fingerprint density at radius 2 is 2.06 bits per heavy atom. The number of carboxylic acids is 1. The van der Waals surface area contributed by atoms with Crippen LogP contribution in [0.5, 0.6) is 0 Å². The number of hydrogen-bond acceptors (Lipinski definition) is 2. The van der Waals surface area contributed by atoms with Crippen LogP contribution >= 0.6 is 0 Å². The molecule has 0 saturated carbocycles. The minimum Gasteiger partial charge on any atom is -0.478 e. The van der Waals surface area contributed by atoms with Gasteiger partial charge in [0.15, 0.2) is 0 Å². The van der Waals surface area contributed by atoms with Crippen LogP contribution in [0, 0.1) is 5.92 Å². The van der Waals surface area contributed by atoms with Gasteiger partial charge < -0.3 is 9.67 Å². The van der Waals surface area contributed by atoms with Gasteiger partial charge in [-0.3, -0.25) is 4.79 Å². The predicted octanol–water partition coefficient (Wildman–Crippen LogP) is 2.15. The molecule has 0 amide bonds. The summed E-state index contributed by atoms with van der Waals surface area (Å²) < 4.78 is 1.50. The zero-order valence-corrected chi connectivity index (χ0v) is 9.80. The van der Waals surface area contributed by atoms with Crippen LogP contribution in [-0.4, -0.2) is 15.6 Å². The van der Waals surface area contributed by atoms with E-state index in [1.807, 2.05) is 20.8 Å². The minimum absolute atomic E-state index is 0.0109. The van der Waals surface area contributed by atoms with Crippen molar-refractivity contribution in [2.24, 2.45) is 5.92 Å². The summed E-state index contributed by atoms with van der Waals surface area (Å²) in [5, 5.41) is 8.86. The Morgan fingerprint density at radius 3 is 2.56 bits per heavy atom. The first-order valence-electron chi connectivity index (χ1n) is 5.42. The number of aromatic carboxylic acids is 1. The number of rotatable bonds is 4. The fourth-order valence-corrected chi connectivity index (χ4v) is 1.56. The smallest absolute Gasteiger partial charge is 0.337 e. The van der Waals surface area contributed by atoms with Crippen LogP contribution in [-0.2, 0) is 0 Å². The minimum atomic E-state index is -1.01. The average molecular weight is 223 g/mol. The summed E-state index contributed by atoms with van der Waals surface area (Å²) in [5.41, 5.74) is -0.00690. The van der Waals surface area contributed by atoms with E-state index in [2.05, 4.69) is 0 Å². The highest BCUT2D eigenvalue weighted by molar-refractivity contribution is 5.87. The molecular formula is C12H17NO3. The molecule has 16 heavy (non-hydrogen) atoms. The average Bonchev–Trinajstić information content (AvgIpc) is 2.27. The van der Waals surface area contributed by atoms with E-state index in [1.54, 1.807) is 0 Å². The fourth-order valence-electron chi connectivity index (χ4n) is 1.56. The third-order valence-corrected chi connectivity index (χ3v) is 3.09. The van der Waals surface area contributed by atoms with Crippen molar-refractivity contribution in [3.8, 4) is 0 Å². The molecule has 1 aromatic heterocycles. The van der Waals surface area contributed by atoms with E-state index in [9.17, 15) is 9.59 Å². The molecule has 0 fully saturated rings. The molecule has 0 spiro atoms. The van der Waals surface area contributed by atoms with E-state index < -0.39 is 5.97 Å². The molecule has 0 aliphatic rings. The molecule has 2 unspecified atom stereocenters. The molecule has 0 aliphatic carbocycles. The van der Waals surface area contributed by atoms with Crippen molar-refractivity contribution in [2.45, 2.75) is 33.2 Å². The molecule has 4 nitrogen and oxygen atoms in total. The zero-order valence-electron chi connectivity index (χ0n) is 9.80. The van der Waals surface area contributed by atoms with Crippen molar-refractivity contribution >= 4 is 5.97 Å². The van der Waals surface area contributed by atoms with Crippen molar-refractivity contribution in [3.63, 3.8) is 0 Å². The Labute approximate surface area is 94.5 Å². The molecule has 1 aromatic rings. The summed E-state index contributed by atoms with van der Waals surface area (Å²) in [6.07, 6.45) is 2.37. The maximum absolute atomic E-state index is 11.6. The number of nitrogens with zero attached hydrogens (tertiary/aromatic N) is 1. The van der Waals surface area contributed by atoms with Crippen molar-refractivity contribution in [3.05, 3.63) is 34.2 Å². The summed E-state index contributed by atoms with van der Waals surface area (Å²) in [5.74, 6) is -0.674. The maximum atomic E-state index is 11.6. The van der Waals surface area contributed by atoms with Gasteiger partial charge in [0.05, 0.1) is 5.56 Å². The van der Waals surface area contributed by atoms with Crippen LogP contribution in [0.15, 0.2) is 23.1 Å². The lowest BCUT2D eigenvalue weighted by molar-refractivity contribution is 0.0695. The van der Waals surface area contributed by atoms with Gasteiger partial charge >= 0.3 is 5.97 Å². The van der Waals surface area contributed by atoms with E-state index >= 15 is 0 Å². The summed E-state index contributed by atoms with van der Waals surface area (Å²) in [6.45, 7) is 6.03. The summed E-state index contributed by atoms with van der Waals surface area (Å²) in [7, 11) is 0. The largest absolute Gasteiger partial charge is 0.478 e. The second-order valence-corrected chi connectivity index (χ2v) is 4.09. The van der Waals surface area contributed by atoms with Gasteiger partial charge in [-0.2, -0.15) is 0 Å². The first-order chi connectivity index (χ1) is 7.47. The molecule has 0 aromatic carbocycles. The summed E-state index contributed by atoms with van der Waals surface area (Å²) >= 11 is 0. The monoisotopic (exact) mass is 223 g/mol. The van der Waals surface area contributed by atoms with Crippen LogP contribution < -0.4 is 5.56 Å². The first-order valence-corrected chi connectivity index (χ1v) is 5.42. The van der Waals surface area contributed by atoms with E-state index in [0.29, 0.717) is 5.92 Å². The quantitative estimate of drug-likeness (QED) is 0.850. The normalized spacial score (nSPS) is 14.4. The number of pyridine rings is 1. The Balaban J connectivity index is 3.17. The van der Waals surface area contributed by atoms with Crippen molar-refractivity contribution in [1.82, 2.24) is 4.57 Å². The van der Waals surface area contributed by atoms with Crippen molar-refractivity contribution in [1.29, 1.82) is 0 Å². The van der Waals surface area contributed by atoms with Gasteiger partial charge in [-0.15, -0.1) is 0 Å². The second-order valence-electron chi connectivity index (χ2n) is 4.09. The summed E-state index contributed by atoms with van der Waals surface area (Å²) in [4.78, 5) is 22.4. The number of carbonyl (C=O) groups is 1. The van der Waals surface area contributed by atoms with Gasteiger partial charge in [-0.25, -0.2) is 4.79 Å². The lowest BCUT2D eigenvalue weighted by atomic mass is 10.0. The van der Waals surface area contributed by atoms with E-state index in [4.69, 9.17) is 5.11 Å². The number of carboxylic acid groups (broad SMARTS) is 1. The highest BCUT2D eigenvalue weighted by Gasteiger charge is 2.14. The molecule has 1 N–H and O–H groups in total. The molecule has 1 rings (SSSR count). The zero-order chi connectivity index (χ0) is 12.3. The third kappa shape index (κ3) is 2.51. The van der Waals surface area contributed by atoms with Crippen LogP contribution in [0.1, 0.15) is 43.6 Å². The van der Waals surface area contributed by atoms with Gasteiger partial charge in [-0.1, -0.05) is 20.3 Å². The standard InChI is InChI=1S/C12H17NO3/c1-4-8(2)9(3)13-7-10(12(15)16)5-6-11(13)14/h5-9H,4H2,1-3H3,(H,15,16). The van der Waals surface area contributed by atoms with Crippen LogP contribution in [0.2, 0.25) is 0 Å². The number of aromatic nitrogens is 1. The SMILES string of the molecule is CCC(C)C(C)n1cc(C(=O)O)ccc1=O. The van der Waals surface area contributed by atoms with Crippen LogP contribution in [0.3, 0.4) is 0 Å². The molecule has 0 aliphatic heterocycles. The maximum Gasteiger partial charge on any atom is 0.337 e. The topological polar surface area (TPSA) is 59.3 Å². The van der Waals surface area contributed by atoms with Gasteiger partial charge in [0.2, 0.25) is 0 Å². The third-order valence-electron chi connectivity index (χ3n) is 3.09. The molecular weight excluding hydrogens is 206 g/mol. The van der Waals surface area contributed by atoms with Crippen molar-refractivity contribution in [2.75, 3.05) is 0 Å². The van der Waals surface area contributed by atoms with Gasteiger partial charge in [0, 0.05) is 18.3 Å². The fraction of sp³-hybridized carbons (Fsp3) is 0.500. The molecule has 0 radical (unpaired) electrons. The molecule has 0 saturated heterocycles. The Hall–Kier alpha value is -1.58. The second kappa shape index (κ2) is 4.96. The Morgan fingerprint density at radius 1 is 1.44 bits per heavy atom.